The van der Waals surface area contributed by atoms with Gasteiger partial charge in [0.1, 0.15) is 0 Å². The maximum Gasteiger partial charge on any atom is 0.0813 e. The van der Waals surface area contributed by atoms with Gasteiger partial charge in [0.15, 0.2) is 0 Å². The average Bonchev–Trinajstić information content (AvgIpc) is 2.85. The van der Waals surface area contributed by atoms with E-state index in [9.17, 15) is 0 Å². The van der Waals surface area contributed by atoms with E-state index in [1.165, 1.54) is 4.70 Å². The van der Waals surface area contributed by atoms with Crippen LogP contribution in [0.2, 0.25) is 5.02 Å². The summed E-state index contributed by atoms with van der Waals surface area (Å²) in [6.45, 7) is 2.10. The Kier molecular flexibility index (Phi) is 3.96. The molecule has 0 bridgehead atoms. The van der Waals surface area contributed by atoms with Crippen LogP contribution in [0.5, 0.6) is 0 Å². The lowest BCUT2D eigenvalue weighted by Crippen LogP contribution is -2.07. The Morgan fingerprint density at radius 2 is 2.10 bits per heavy atom. The number of hydrogen-bond acceptors (Lipinski definition) is 3. The van der Waals surface area contributed by atoms with E-state index < -0.39 is 0 Å². The van der Waals surface area contributed by atoms with E-state index in [0.717, 1.165) is 26.3 Å². The van der Waals surface area contributed by atoms with Crippen molar-refractivity contribution in [1.29, 1.82) is 0 Å². The number of halogens is 2. The molecule has 0 aliphatic heterocycles. The van der Waals surface area contributed by atoms with Crippen molar-refractivity contribution >= 4 is 54.8 Å². The van der Waals surface area contributed by atoms with Gasteiger partial charge >= 0.3 is 0 Å². The Labute approximate surface area is 134 Å². The van der Waals surface area contributed by atoms with E-state index in [4.69, 9.17) is 11.6 Å². The standard InChI is InChI=1S/C15H12BrClN2S/c1-9(12-4-2-10(16)6-13(12)17)19-11-3-5-14-15(7-11)20-8-18-14/h2-9,19H,1H3. The fourth-order valence-corrected chi connectivity index (χ4v) is 3.68. The largest absolute Gasteiger partial charge is 0.378 e. The molecule has 1 unspecified atom stereocenters. The van der Waals surface area contributed by atoms with E-state index in [1.54, 1.807) is 11.3 Å². The molecule has 0 aliphatic carbocycles. The van der Waals surface area contributed by atoms with Crippen molar-refractivity contribution in [3.05, 3.63) is 57.0 Å². The quantitative estimate of drug-likeness (QED) is 0.624. The van der Waals surface area contributed by atoms with Crippen molar-refractivity contribution in [2.24, 2.45) is 0 Å². The number of aromatic nitrogens is 1. The van der Waals surface area contributed by atoms with Crippen LogP contribution >= 0.6 is 38.9 Å². The van der Waals surface area contributed by atoms with Crippen molar-refractivity contribution in [2.75, 3.05) is 5.32 Å². The second-order valence-corrected chi connectivity index (χ2v) is 6.78. The molecule has 0 saturated heterocycles. The molecule has 0 amide bonds. The lowest BCUT2D eigenvalue weighted by molar-refractivity contribution is 0.885. The summed E-state index contributed by atoms with van der Waals surface area (Å²) in [5, 5.41) is 4.24. The van der Waals surface area contributed by atoms with Gasteiger partial charge in [0.2, 0.25) is 0 Å². The molecule has 0 fully saturated rings. The highest BCUT2D eigenvalue weighted by Crippen LogP contribution is 2.30. The molecule has 0 saturated carbocycles. The van der Waals surface area contributed by atoms with Gasteiger partial charge in [-0.1, -0.05) is 33.6 Å². The Morgan fingerprint density at radius 1 is 1.25 bits per heavy atom. The van der Waals surface area contributed by atoms with Gasteiger partial charge in [0.25, 0.3) is 0 Å². The van der Waals surface area contributed by atoms with Crippen LogP contribution in [0.25, 0.3) is 10.2 Å². The zero-order valence-corrected chi connectivity index (χ0v) is 13.9. The van der Waals surface area contributed by atoms with E-state index in [0.29, 0.717) is 0 Å². The number of fused-ring (bicyclic) bond motifs is 1. The fourth-order valence-electron chi connectivity index (χ4n) is 2.13. The third kappa shape index (κ3) is 2.82. The number of nitrogens with zero attached hydrogens (tertiary/aromatic N) is 1. The Morgan fingerprint density at radius 3 is 2.90 bits per heavy atom. The number of benzene rings is 2. The number of hydrogen-bond donors (Lipinski definition) is 1. The van der Waals surface area contributed by atoms with Crippen LogP contribution in [0.3, 0.4) is 0 Å². The van der Waals surface area contributed by atoms with Crippen LogP contribution in [0.15, 0.2) is 46.4 Å². The predicted molar refractivity (Wildman–Crippen MR) is 90.8 cm³/mol. The first-order valence-corrected chi connectivity index (χ1v) is 8.23. The van der Waals surface area contributed by atoms with E-state index >= 15 is 0 Å². The van der Waals surface area contributed by atoms with Crippen molar-refractivity contribution in [3.63, 3.8) is 0 Å². The Bertz CT molecular complexity index is 756. The summed E-state index contributed by atoms with van der Waals surface area (Å²) in [6.07, 6.45) is 0. The van der Waals surface area contributed by atoms with Gasteiger partial charge in [-0.25, -0.2) is 4.98 Å². The van der Waals surface area contributed by atoms with E-state index in [1.807, 2.05) is 35.8 Å². The Balaban J connectivity index is 1.85. The molecule has 0 aliphatic rings. The number of thiazole rings is 1. The average molecular weight is 368 g/mol. The van der Waals surface area contributed by atoms with Gasteiger partial charge in [-0.15, -0.1) is 11.3 Å². The lowest BCUT2D eigenvalue weighted by Gasteiger charge is -2.17. The molecule has 2 aromatic carbocycles. The number of rotatable bonds is 3. The van der Waals surface area contributed by atoms with Crippen LogP contribution in [-0.2, 0) is 0 Å². The van der Waals surface area contributed by atoms with Gasteiger partial charge < -0.3 is 5.32 Å². The molecule has 1 atom stereocenters. The summed E-state index contributed by atoms with van der Waals surface area (Å²) in [5.41, 5.74) is 5.06. The number of nitrogens with one attached hydrogen (secondary N) is 1. The highest BCUT2D eigenvalue weighted by atomic mass is 79.9. The zero-order valence-electron chi connectivity index (χ0n) is 10.7. The van der Waals surface area contributed by atoms with Crippen LogP contribution in [-0.4, -0.2) is 4.98 Å². The van der Waals surface area contributed by atoms with Crippen molar-refractivity contribution < 1.29 is 0 Å². The molecule has 102 valence electrons. The minimum atomic E-state index is 0.140. The molecular weight excluding hydrogens is 356 g/mol. The molecule has 3 aromatic rings. The molecule has 2 nitrogen and oxygen atoms in total. The van der Waals surface area contributed by atoms with Gasteiger partial charge in [0, 0.05) is 21.2 Å². The van der Waals surface area contributed by atoms with Gasteiger partial charge in [-0.3, -0.25) is 0 Å². The minimum Gasteiger partial charge on any atom is -0.378 e. The Hall–Kier alpha value is -1.10. The monoisotopic (exact) mass is 366 g/mol. The van der Waals surface area contributed by atoms with Gasteiger partial charge in [-0.2, -0.15) is 0 Å². The van der Waals surface area contributed by atoms with Crippen molar-refractivity contribution in [1.82, 2.24) is 4.98 Å². The highest BCUT2D eigenvalue weighted by molar-refractivity contribution is 9.10. The molecule has 0 spiro atoms. The van der Waals surface area contributed by atoms with Gasteiger partial charge in [-0.05, 0) is 42.8 Å². The molecule has 1 N–H and O–H groups in total. The molecule has 1 heterocycles. The van der Waals surface area contributed by atoms with Crippen LogP contribution in [0.4, 0.5) is 5.69 Å². The minimum absolute atomic E-state index is 0.140. The van der Waals surface area contributed by atoms with Crippen LogP contribution in [0.1, 0.15) is 18.5 Å². The SMILES string of the molecule is CC(Nc1ccc2ncsc2c1)c1ccc(Br)cc1Cl. The maximum atomic E-state index is 6.29. The van der Waals surface area contributed by atoms with E-state index in [2.05, 4.69) is 39.2 Å². The number of anilines is 1. The molecule has 3 rings (SSSR count). The zero-order chi connectivity index (χ0) is 14.1. The summed E-state index contributed by atoms with van der Waals surface area (Å²) in [6, 6.07) is 12.3. The van der Waals surface area contributed by atoms with Crippen molar-refractivity contribution in [3.8, 4) is 0 Å². The molecule has 0 radical (unpaired) electrons. The van der Waals surface area contributed by atoms with Crippen LogP contribution < -0.4 is 5.32 Å². The first kappa shape index (κ1) is 13.9. The molecule has 20 heavy (non-hydrogen) atoms. The maximum absolute atomic E-state index is 6.29. The fraction of sp³-hybridized carbons (Fsp3) is 0.133. The third-order valence-electron chi connectivity index (χ3n) is 3.14. The predicted octanol–water partition coefficient (Wildman–Crippen LogP) is 5.89. The molecule has 1 aromatic heterocycles. The summed E-state index contributed by atoms with van der Waals surface area (Å²) in [5.74, 6) is 0. The summed E-state index contributed by atoms with van der Waals surface area (Å²) < 4.78 is 2.17. The molecule has 5 heteroatoms. The third-order valence-corrected chi connectivity index (χ3v) is 4.76. The van der Waals surface area contributed by atoms with Gasteiger partial charge in [0.05, 0.1) is 15.7 Å². The summed E-state index contributed by atoms with van der Waals surface area (Å²) in [7, 11) is 0. The van der Waals surface area contributed by atoms with Crippen molar-refractivity contribution in [2.45, 2.75) is 13.0 Å². The lowest BCUT2D eigenvalue weighted by atomic mass is 10.1. The van der Waals surface area contributed by atoms with Crippen LogP contribution in [0, 0.1) is 0 Å². The summed E-state index contributed by atoms with van der Waals surface area (Å²) in [4.78, 5) is 4.29. The van der Waals surface area contributed by atoms with E-state index in [-0.39, 0.29) is 6.04 Å². The highest BCUT2D eigenvalue weighted by Gasteiger charge is 2.10. The second kappa shape index (κ2) is 5.72. The summed E-state index contributed by atoms with van der Waals surface area (Å²) >= 11 is 11.4. The smallest absolute Gasteiger partial charge is 0.0813 e. The first-order chi connectivity index (χ1) is 9.63. The normalized spacial score (nSPS) is 12.6. The topological polar surface area (TPSA) is 24.9 Å². The molecular formula is C15H12BrClN2S. The second-order valence-electron chi connectivity index (χ2n) is 4.57. The first-order valence-electron chi connectivity index (χ1n) is 6.18.